The Bertz CT molecular complexity index is 2920. The summed E-state index contributed by atoms with van der Waals surface area (Å²) in [6.07, 6.45) is -5.51. The fourth-order valence-electron chi connectivity index (χ4n) is 12.4. The van der Waals surface area contributed by atoms with Gasteiger partial charge < -0.3 is 68.9 Å². The number of esters is 1. The van der Waals surface area contributed by atoms with Crippen molar-refractivity contribution in [3.8, 4) is 5.75 Å². The molecule has 26 nitrogen and oxygen atoms in total. The van der Waals surface area contributed by atoms with E-state index in [1.807, 2.05) is 72.1 Å². The molecule has 26 heteroatoms. The number of ketones is 2. The third-order valence-electron chi connectivity index (χ3n) is 18.3. The number of likely N-dealkylation sites (tertiary alicyclic amines) is 1. The first-order valence-corrected chi connectivity index (χ1v) is 33.4. The minimum absolute atomic E-state index is 0.0333. The van der Waals surface area contributed by atoms with E-state index < -0.39 is 140 Å². The van der Waals surface area contributed by atoms with Gasteiger partial charge in [-0.3, -0.25) is 43.2 Å². The van der Waals surface area contributed by atoms with Crippen LogP contribution in [0.1, 0.15) is 166 Å². The summed E-state index contributed by atoms with van der Waals surface area (Å²) in [5.74, 6) is -6.30. The lowest BCUT2D eigenvalue weighted by molar-refractivity contribution is -0.243. The van der Waals surface area contributed by atoms with Crippen molar-refractivity contribution >= 4 is 64.9 Å². The molecule has 15 atom stereocenters. The Morgan fingerprint density at radius 1 is 0.823 bits per heavy atom. The Morgan fingerprint density at radius 3 is 2.08 bits per heavy atom. The number of carbonyl (C=O) groups excluding carboxylic acids is 10. The van der Waals surface area contributed by atoms with Gasteiger partial charge >= 0.3 is 18.2 Å². The number of nitrogens with one attached hydrogen (secondary N) is 4. The van der Waals surface area contributed by atoms with Crippen molar-refractivity contribution in [3.63, 3.8) is 0 Å². The van der Waals surface area contributed by atoms with E-state index in [9.17, 15) is 48.3 Å². The van der Waals surface area contributed by atoms with E-state index in [1.165, 1.54) is 51.3 Å². The minimum atomic E-state index is -1.11. The summed E-state index contributed by atoms with van der Waals surface area (Å²) in [6, 6.07) is 10.8. The number of hydroxylamine groups is 1. The summed E-state index contributed by atoms with van der Waals surface area (Å²) in [5.41, 5.74) is 2.30. The molecule has 2 saturated heterocycles. The van der Waals surface area contributed by atoms with Crippen molar-refractivity contribution in [2.45, 2.75) is 222 Å². The van der Waals surface area contributed by atoms with E-state index in [0.29, 0.717) is 31.4 Å². The van der Waals surface area contributed by atoms with Crippen molar-refractivity contribution in [1.82, 2.24) is 30.8 Å². The van der Waals surface area contributed by atoms with Gasteiger partial charge in [-0.2, -0.15) is 5.48 Å². The first kappa shape index (κ1) is 81.2. The van der Waals surface area contributed by atoms with E-state index in [-0.39, 0.29) is 90.2 Å². The summed E-state index contributed by atoms with van der Waals surface area (Å²) in [5, 5.41) is 19.0. The van der Waals surface area contributed by atoms with Crippen LogP contribution >= 0.6 is 0 Å². The van der Waals surface area contributed by atoms with Crippen LogP contribution < -0.4 is 26.2 Å². The van der Waals surface area contributed by atoms with Crippen LogP contribution in [0.4, 0.5) is 15.3 Å². The topological polar surface area (TPSA) is 323 Å². The molecule has 2 fully saturated rings. The number of ether oxygens (including phenoxy) is 7. The molecule has 0 bridgehead atoms. The number of aliphatic hydroxyl groups excluding tert-OH is 1. The molecule has 2 aliphatic rings. The normalized spacial score (nSPS) is 20.8. The van der Waals surface area contributed by atoms with Gasteiger partial charge in [0.1, 0.15) is 18.0 Å². The van der Waals surface area contributed by atoms with Gasteiger partial charge in [-0.05, 0) is 94.9 Å². The minimum Gasteiger partial charge on any atom is -0.460 e. The number of Topliss-reactive ketones (excluding diaryl/α,β-unsaturated/α-hetero) is 2. The number of hydrogen-bond acceptors (Lipinski definition) is 19. The van der Waals surface area contributed by atoms with Gasteiger partial charge in [-0.15, -0.1) is 0 Å². The molecular formula is C70H109N7O19. The number of carbonyl (C=O) groups is 10. The lowest BCUT2D eigenvalue weighted by Crippen LogP contribution is -2.55. The molecular weight excluding hydrogens is 1240 g/mol. The fraction of sp³-hybridized carbons (Fsp3) is 0.686. The van der Waals surface area contributed by atoms with Gasteiger partial charge in [0.25, 0.3) is 0 Å². The Hall–Kier alpha value is -7.26. The van der Waals surface area contributed by atoms with Gasteiger partial charge in [-0.1, -0.05) is 99.1 Å². The molecule has 0 saturated carbocycles. The number of rotatable bonds is 35. The number of likely N-dealkylation sites (N-methyl/N-ethyl adjacent to an activating group) is 2. The molecule has 7 amide bonds. The van der Waals surface area contributed by atoms with Crippen molar-refractivity contribution in [1.29, 1.82) is 0 Å². The van der Waals surface area contributed by atoms with Crippen molar-refractivity contribution in [2.24, 2.45) is 41.4 Å². The maximum atomic E-state index is 15.0. The summed E-state index contributed by atoms with van der Waals surface area (Å²) in [4.78, 5) is 144. The molecule has 2 aromatic rings. The van der Waals surface area contributed by atoms with Crippen LogP contribution in [-0.2, 0) is 78.2 Å². The van der Waals surface area contributed by atoms with Gasteiger partial charge in [0.2, 0.25) is 35.8 Å². The summed E-state index contributed by atoms with van der Waals surface area (Å²) in [7, 11) is 6.11. The smallest absolute Gasteiger partial charge is 0.431 e. The zero-order valence-corrected chi connectivity index (χ0v) is 59.8. The molecule has 4 rings (SSSR count). The number of benzene rings is 2. The molecule has 2 unspecified atom stereocenters. The average molecular weight is 1350 g/mol. The van der Waals surface area contributed by atoms with Crippen LogP contribution in [0.2, 0.25) is 0 Å². The fourth-order valence-corrected chi connectivity index (χ4v) is 12.4. The number of amides is 7. The Labute approximate surface area is 566 Å². The standard InChI is InChI=1S/C70H109N7O19/c1-20-41(6)61(56(89-18)35-59(83)77-32-24-27-53(77)63(90-19)44(9)65(85)72-45(10)62(84)48-25-22-21-23-26-48)75(16)66(86)52(39(2)3)34-54(80)60(40(4)5)76(17)69(88)91-37-49-33-50(28-30-55(49)95-67-64(94-47(12)78)43(8)42(7)46(11)93-67)73-57(81)31-29-51(79)36-71-58(82)38-92-74-68(87)96-70(13,14)15/h21-23,25-26,28,30,33,39-46,52-53,56,60-64,67,84H,20,24,27,29,31-32,34-38H2,1-19H3,(H,71,82)(H,72,85)(H,73,81)(H,74,87)/t41-,42-,43-,44+,45+,46?,52-,53-,56+,60-,61-,62+,63+,64?,67-/m0/s1. The second kappa shape index (κ2) is 38.0. The number of hydrogen-bond donors (Lipinski definition) is 5. The third-order valence-corrected chi connectivity index (χ3v) is 18.3. The van der Waals surface area contributed by atoms with E-state index in [0.717, 1.165) is 0 Å². The lowest BCUT2D eigenvalue weighted by atomic mass is 9.83. The van der Waals surface area contributed by atoms with Crippen molar-refractivity contribution in [2.75, 3.05) is 53.3 Å². The molecule has 5 N–H and O–H groups in total. The maximum absolute atomic E-state index is 15.0. The van der Waals surface area contributed by atoms with Crippen LogP contribution in [0, 0.1) is 41.4 Å². The van der Waals surface area contributed by atoms with Crippen LogP contribution in [0.15, 0.2) is 48.5 Å². The quantitative estimate of drug-likeness (QED) is 0.0249. The first-order chi connectivity index (χ1) is 45.0. The molecule has 0 radical (unpaired) electrons. The van der Waals surface area contributed by atoms with E-state index >= 15 is 4.79 Å². The van der Waals surface area contributed by atoms with Gasteiger partial charge in [0.05, 0.1) is 67.5 Å². The zero-order chi connectivity index (χ0) is 72.1. The Kier molecular flexibility index (Phi) is 32.2. The number of anilines is 1. The van der Waals surface area contributed by atoms with Gasteiger partial charge in [0.15, 0.2) is 24.3 Å². The molecule has 2 aromatic carbocycles. The molecule has 0 aliphatic carbocycles. The van der Waals surface area contributed by atoms with Crippen LogP contribution in [-0.4, -0.2) is 188 Å². The van der Waals surface area contributed by atoms with E-state index in [1.54, 1.807) is 77.4 Å². The van der Waals surface area contributed by atoms with Crippen molar-refractivity contribution in [3.05, 3.63) is 59.7 Å². The lowest BCUT2D eigenvalue weighted by Gasteiger charge is -2.42. The second-order valence-corrected chi connectivity index (χ2v) is 27.3. The predicted molar refractivity (Wildman–Crippen MR) is 356 cm³/mol. The highest BCUT2D eigenvalue weighted by molar-refractivity contribution is 5.95. The Morgan fingerprint density at radius 2 is 1.49 bits per heavy atom. The average Bonchev–Trinajstić information content (AvgIpc) is 1.10. The van der Waals surface area contributed by atoms with Crippen molar-refractivity contribution < 1.29 is 91.0 Å². The van der Waals surface area contributed by atoms with Crippen LogP contribution in [0.25, 0.3) is 0 Å². The zero-order valence-electron chi connectivity index (χ0n) is 59.8. The molecule has 0 aromatic heterocycles. The molecule has 96 heavy (non-hydrogen) atoms. The Balaban J connectivity index is 1.50. The third kappa shape index (κ3) is 23.8. The van der Waals surface area contributed by atoms with Crippen LogP contribution in [0.5, 0.6) is 5.75 Å². The van der Waals surface area contributed by atoms with Crippen LogP contribution in [0.3, 0.4) is 0 Å². The first-order valence-electron chi connectivity index (χ1n) is 33.4. The highest BCUT2D eigenvalue weighted by atomic mass is 16.7. The monoisotopic (exact) mass is 1350 g/mol. The maximum Gasteiger partial charge on any atom is 0.431 e. The summed E-state index contributed by atoms with van der Waals surface area (Å²) >= 11 is 0. The van der Waals surface area contributed by atoms with E-state index in [4.69, 9.17) is 38.0 Å². The van der Waals surface area contributed by atoms with Gasteiger partial charge in [0, 0.05) is 84.1 Å². The molecule has 2 aliphatic heterocycles. The van der Waals surface area contributed by atoms with E-state index in [2.05, 4.69) is 16.0 Å². The highest BCUT2D eigenvalue weighted by Crippen LogP contribution is 2.37. The number of methoxy groups -OCH3 is 2. The molecule has 2 heterocycles. The highest BCUT2D eigenvalue weighted by Gasteiger charge is 2.46. The number of aliphatic hydroxyl groups is 1. The molecule has 538 valence electrons. The second-order valence-electron chi connectivity index (χ2n) is 27.3. The summed E-state index contributed by atoms with van der Waals surface area (Å²) in [6.45, 7) is 25.6. The SMILES string of the molecule is CC[C@H](C)[C@@H]([C@@H](CC(=O)N1CCC[C@H]1[C@H](OC)[C@@H](C)C(=O)N[C@H](C)[C@@H](O)c1ccccc1)OC)N(C)C(=O)[C@@H](CC(=O)[C@H](C(C)C)N(C)C(=O)OCc1cc(NC(=O)CCC(=O)CNC(=O)CONC(=O)OC(C)(C)C)ccc1O[C@@H]1OC(C)[C@@H](C)[C@H](C)C1OC(C)=O)C(C)C. The largest absolute Gasteiger partial charge is 0.460 e. The summed E-state index contributed by atoms with van der Waals surface area (Å²) < 4.78 is 41.5. The predicted octanol–water partition coefficient (Wildman–Crippen LogP) is 7.86. The van der Waals surface area contributed by atoms with Gasteiger partial charge in [-0.25, -0.2) is 9.59 Å². The molecule has 0 spiro atoms. The number of nitrogens with zero attached hydrogens (tertiary/aromatic N) is 3.